The standard InChI is InChI=1S/C20H26N2O5/c1-27-20(26)18-14(11-23)13-10-21-15(8-5-9-16(21)24)17(13)22(18)19(25)12-6-3-2-4-7-12/h5,8-9,12-14,17-18,23H,2-4,6-7,10-11H2,1H3/t13-,14-,17+,18-/m1/s1. The molecule has 2 fully saturated rings. The first-order valence-electron chi connectivity index (χ1n) is 9.79. The number of nitrogens with zero attached hydrogens (tertiary/aromatic N) is 2. The molecule has 0 spiro atoms. The van der Waals surface area contributed by atoms with Gasteiger partial charge in [0.05, 0.1) is 13.2 Å². The number of hydrogen-bond donors (Lipinski definition) is 1. The fourth-order valence-electron chi connectivity index (χ4n) is 5.33. The van der Waals surface area contributed by atoms with Gasteiger partial charge in [-0.1, -0.05) is 25.3 Å². The van der Waals surface area contributed by atoms with Gasteiger partial charge in [-0.25, -0.2) is 4.79 Å². The molecule has 1 aromatic heterocycles. The van der Waals surface area contributed by atoms with E-state index in [0.717, 1.165) is 37.8 Å². The molecule has 1 aromatic rings. The first-order chi connectivity index (χ1) is 13.1. The number of hydrogen-bond acceptors (Lipinski definition) is 5. The molecule has 1 saturated carbocycles. The highest BCUT2D eigenvalue weighted by Gasteiger charge is 2.58. The Morgan fingerprint density at radius 2 is 1.96 bits per heavy atom. The third kappa shape index (κ3) is 2.79. The number of likely N-dealkylation sites (tertiary alicyclic amines) is 1. The van der Waals surface area contributed by atoms with E-state index in [2.05, 4.69) is 0 Å². The van der Waals surface area contributed by atoms with Crippen LogP contribution in [0.3, 0.4) is 0 Å². The summed E-state index contributed by atoms with van der Waals surface area (Å²) in [5.74, 6) is -1.23. The fourth-order valence-corrected chi connectivity index (χ4v) is 5.33. The minimum atomic E-state index is -0.798. The maximum Gasteiger partial charge on any atom is 0.328 e. The van der Waals surface area contributed by atoms with Gasteiger partial charge in [0.25, 0.3) is 5.56 Å². The maximum atomic E-state index is 13.5. The van der Waals surface area contributed by atoms with E-state index in [1.54, 1.807) is 15.5 Å². The summed E-state index contributed by atoms with van der Waals surface area (Å²) in [6, 6.07) is 3.88. The van der Waals surface area contributed by atoms with E-state index in [1.807, 2.05) is 6.07 Å². The molecular formula is C20H26N2O5. The van der Waals surface area contributed by atoms with Gasteiger partial charge in [0, 0.05) is 42.7 Å². The smallest absolute Gasteiger partial charge is 0.328 e. The molecule has 3 heterocycles. The van der Waals surface area contributed by atoms with Crippen molar-refractivity contribution in [3.05, 3.63) is 34.2 Å². The second-order valence-electron chi connectivity index (χ2n) is 7.90. The Morgan fingerprint density at radius 3 is 2.63 bits per heavy atom. The van der Waals surface area contributed by atoms with Crippen LogP contribution in [0.4, 0.5) is 0 Å². The van der Waals surface area contributed by atoms with E-state index in [0.29, 0.717) is 6.54 Å². The molecule has 7 heteroatoms. The lowest BCUT2D eigenvalue weighted by Crippen LogP contribution is -2.48. The minimum Gasteiger partial charge on any atom is -0.467 e. The lowest BCUT2D eigenvalue weighted by Gasteiger charge is -2.34. The zero-order chi connectivity index (χ0) is 19.1. The van der Waals surface area contributed by atoms with Crippen LogP contribution in [0.2, 0.25) is 0 Å². The molecule has 4 atom stereocenters. The number of aliphatic hydroxyl groups is 1. The number of amides is 1. The van der Waals surface area contributed by atoms with Crippen molar-refractivity contribution in [2.24, 2.45) is 17.8 Å². The van der Waals surface area contributed by atoms with Crippen LogP contribution in [0.25, 0.3) is 0 Å². The van der Waals surface area contributed by atoms with Crippen molar-refractivity contribution in [1.82, 2.24) is 9.47 Å². The van der Waals surface area contributed by atoms with E-state index in [-0.39, 0.29) is 36.0 Å². The summed E-state index contributed by atoms with van der Waals surface area (Å²) in [5.41, 5.74) is 0.639. The zero-order valence-electron chi connectivity index (χ0n) is 15.5. The molecule has 0 unspecified atom stereocenters. The molecule has 3 aliphatic rings. The van der Waals surface area contributed by atoms with Crippen LogP contribution >= 0.6 is 0 Å². The van der Waals surface area contributed by atoms with Crippen LogP contribution in [0.5, 0.6) is 0 Å². The van der Waals surface area contributed by atoms with Gasteiger partial charge < -0.3 is 19.3 Å². The number of methoxy groups -OCH3 is 1. The van der Waals surface area contributed by atoms with Crippen LogP contribution in [0.1, 0.15) is 43.8 Å². The zero-order valence-corrected chi connectivity index (χ0v) is 15.5. The van der Waals surface area contributed by atoms with E-state index >= 15 is 0 Å². The Bertz CT molecular complexity index is 798. The second-order valence-corrected chi connectivity index (χ2v) is 7.90. The number of rotatable bonds is 3. The molecule has 0 bridgehead atoms. The van der Waals surface area contributed by atoms with Crippen LogP contribution in [0.15, 0.2) is 23.0 Å². The number of pyridine rings is 1. The Kier molecular flexibility index (Phi) is 4.80. The van der Waals surface area contributed by atoms with Gasteiger partial charge in [0.15, 0.2) is 0 Å². The van der Waals surface area contributed by atoms with Gasteiger partial charge >= 0.3 is 5.97 Å². The first-order valence-corrected chi connectivity index (χ1v) is 9.79. The molecule has 1 amide bonds. The van der Waals surface area contributed by atoms with Crippen LogP contribution in [0, 0.1) is 17.8 Å². The van der Waals surface area contributed by atoms with Crippen molar-refractivity contribution in [3.63, 3.8) is 0 Å². The van der Waals surface area contributed by atoms with E-state index in [4.69, 9.17) is 4.74 Å². The summed E-state index contributed by atoms with van der Waals surface area (Å²) in [6.45, 7) is 0.185. The average molecular weight is 374 g/mol. The molecule has 146 valence electrons. The Labute approximate surface area is 157 Å². The molecule has 0 aromatic carbocycles. The van der Waals surface area contributed by atoms with Gasteiger partial charge in [-0.15, -0.1) is 0 Å². The number of ether oxygens (including phenoxy) is 1. The largest absolute Gasteiger partial charge is 0.467 e. The van der Waals surface area contributed by atoms with E-state index < -0.39 is 17.9 Å². The Balaban J connectivity index is 1.79. The highest BCUT2D eigenvalue weighted by molar-refractivity contribution is 5.87. The number of carbonyl (C=O) groups excluding carboxylic acids is 2. The lowest BCUT2D eigenvalue weighted by atomic mass is 9.87. The first kappa shape index (κ1) is 18.2. The second kappa shape index (κ2) is 7.11. The van der Waals surface area contributed by atoms with Crippen molar-refractivity contribution >= 4 is 11.9 Å². The van der Waals surface area contributed by atoms with Gasteiger partial charge in [-0.05, 0) is 18.9 Å². The summed E-state index contributed by atoms with van der Waals surface area (Å²) >= 11 is 0. The molecule has 27 heavy (non-hydrogen) atoms. The van der Waals surface area contributed by atoms with Gasteiger partial charge in [0.1, 0.15) is 6.04 Å². The Hall–Kier alpha value is -2.15. The van der Waals surface area contributed by atoms with Crippen LogP contribution in [-0.2, 0) is 20.9 Å². The molecule has 2 aliphatic heterocycles. The number of aliphatic hydroxyl groups excluding tert-OH is 1. The van der Waals surface area contributed by atoms with Crippen LogP contribution in [-0.4, -0.2) is 46.2 Å². The predicted molar refractivity (Wildman–Crippen MR) is 96.7 cm³/mol. The summed E-state index contributed by atoms with van der Waals surface area (Å²) in [6.07, 6.45) is 4.81. The summed E-state index contributed by atoms with van der Waals surface area (Å²) in [4.78, 5) is 40.0. The van der Waals surface area contributed by atoms with E-state index in [1.165, 1.54) is 13.2 Å². The fraction of sp³-hybridized carbons (Fsp3) is 0.650. The monoisotopic (exact) mass is 374 g/mol. The number of fused-ring (bicyclic) bond motifs is 3. The molecule has 0 radical (unpaired) electrons. The molecule has 1 saturated heterocycles. The minimum absolute atomic E-state index is 0.0409. The normalized spacial score (nSPS) is 30.1. The number of aromatic nitrogens is 1. The molecule has 7 nitrogen and oxygen atoms in total. The number of carbonyl (C=O) groups is 2. The van der Waals surface area contributed by atoms with Gasteiger partial charge in [-0.3, -0.25) is 9.59 Å². The molecular weight excluding hydrogens is 348 g/mol. The van der Waals surface area contributed by atoms with Crippen molar-refractivity contribution in [2.45, 2.75) is 50.7 Å². The molecule has 1 aliphatic carbocycles. The maximum absolute atomic E-state index is 13.5. The third-order valence-electron chi connectivity index (χ3n) is 6.60. The predicted octanol–water partition coefficient (Wildman–Crippen LogP) is 1.09. The molecule has 4 rings (SSSR count). The summed E-state index contributed by atoms with van der Waals surface area (Å²) in [5, 5.41) is 10.1. The van der Waals surface area contributed by atoms with Crippen molar-refractivity contribution < 1.29 is 19.4 Å². The topological polar surface area (TPSA) is 88.8 Å². The Morgan fingerprint density at radius 1 is 1.22 bits per heavy atom. The SMILES string of the molecule is COC(=O)[C@H]1[C@H](CO)[C@H]2Cn3c(cccc3=O)[C@H]2N1C(=O)C1CCCCC1. The van der Waals surface area contributed by atoms with Gasteiger partial charge in [0.2, 0.25) is 5.91 Å². The van der Waals surface area contributed by atoms with E-state index in [9.17, 15) is 19.5 Å². The third-order valence-corrected chi connectivity index (χ3v) is 6.60. The van der Waals surface area contributed by atoms with Crippen molar-refractivity contribution in [1.29, 1.82) is 0 Å². The highest BCUT2D eigenvalue weighted by Crippen LogP contribution is 2.50. The number of esters is 1. The van der Waals surface area contributed by atoms with Crippen molar-refractivity contribution in [3.8, 4) is 0 Å². The lowest BCUT2D eigenvalue weighted by molar-refractivity contribution is -0.156. The van der Waals surface area contributed by atoms with Crippen molar-refractivity contribution in [2.75, 3.05) is 13.7 Å². The van der Waals surface area contributed by atoms with Gasteiger partial charge in [-0.2, -0.15) is 0 Å². The average Bonchev–Trinajstić information content (AvgIpc) is 3.23. The quantitative estimate of drug-likeness (QED) is 0.800. The highest BCUT2D eigenvalue weighted by atomic mass is 16.5. The summed E-state index contributed by atoms with van der Waals surface area (Å²) < 4.78 is 6.67. The van der Waals surface area contributed by atoms with Crippen LogP contribution < -0.4 is 5.56 Å². The molecule has 1 N–H and O–H groups in total. The summed E-state index contributed by atoms with van der Waals surface area (Å²) in [7, 11) is 1.31.